The molecule has 2 rings (SSSR count). The predicted molar refractivity (Wildman–Crippen MR) is 58.6 cm³/mol. The van der Waals surface area contributed by atoms with E-state index in [4.69, 9.17) is 0 Å². The average Bonchev–Trinajstić information content (AvgIpc) is 2.61. The molecule has 0 radical (unpaired) electrons. The van der Waals surface area contributed by atoms with E-state index in [1.54, 1.807) is 11.8 Å². The molecule has 1 saturated carbocycles. The van der Waals surface area contributed by atoms with Crippen LogP contribution in [0.2, 0.25) is 0 Å². The van der Waals surface area contributed by atoms with Crippen molar-refractivity contribution in [2.24, 2.45) is 7.05 Å². The van der Waals surface area contributed by atoms with Gasteiger partial charge in [0.05, 0.1) is 0 Å². The van der Waals surface area contributed by atoms with E-state index in [1.807, 2.05) is 11.7 Å². The molecule has 0 aliphatic heterocycles. The highest BCUT2D eigenvalue weighted by Crippen LogP contribution is 2.31. The molecule has 0 N–H and O–H groups in total. The van der Waals surface area contributed by atoms with Crippen molar-refractivity contribution in [3.8, 4) is 0 Å². The highest BCUT2D eigenvalue weighted by molar-refractivity contribution is 7.98. The van der Waals surface area contributed by atoms with E-state index in [0.717, 1.165) is 11.0 Å². The Labute approximate surface area is 89.3 Å². The zero-order chi connectivity index (χ0) is 9.97. The van der Waals surface area contributed by atoms with Gasteiger partial charge in [-0.2, -0.15) is 5.10 Å². The summed E-state index contributed by atoms with van der Waals surface area (Å²) in [4.78, 5) is 4.57. The lowest BCUT2D eigenvalue weighted by Gasteiger charge is -2.18. The lowest BCUT2D eigenvalue weighted by atomic mass is 9.89. The topological polar surface area (TPSA) is 30.7 Å². The molecule has 1 aromatic heterocycles. The van der Waals surface area contributed by atoms with Crippen LogP contribution in [0.3, 0.4) is 0 Å². The second-order valence-corrected chi connectivity index (χ2v) is 4.69. The van der Waals surface area contributed by atoms with Crippen molar-refractivity contribution in [3.05, 3.63) is 5.82 Å². The number of aryl methyl sites for hydroxylation is 1. The molecule has 0 unspecified atom stereocenters. The fraction of sp³-hybridized carbons (Fsp3) is 0.800. The second kappa shape index (κ2) is 4.34. The summed E-state index contributed by atoms with van der Waals surface area (Å²) in [7, 11) is 1.98. The first-order valence-corrected chi connectivity index (χ1v) is 6.48. The van der Waals surface area contributed by atoms with Crippen LogP contribution < -0.4 is 0 Å². The van der Waals surface area contributed by atoms with Gasteiger partial charge in [0.1, 0.15) is 0 Å². The molecule has 1 fully saturated rings. The second-order valence-electron chi connectivity index (χ2n) is 3.92. The predicted octanol–water partition coefficient (Wildman–Crippen LogP) is 2.58. The summed E-state index contributed by atoms with van der Waals surface area (Å²) in [5, 5.41) is 5.52. The largest absolute Gasteiger partial charge is 0.244 e. The minimum absolute atomic E-state index is 0.621. The van der Waals surface area contributed by atoms with E-state index in [-0.39, 0.29) is 0 Å². The molecule has 14 heavy (non-hydrogen) atoms. The summed E-state index contributed by atoms with van der Waals surface area (Å²) in [6, 6.07) is 0. The van der Waals surface area contributed by atoms with Gasteiger partial charge in [-0.3, -0.25) is 0 Å². The van der Waals surface area contributed by atoms with Crippen molar-refractivity contribution < 1.29 is 0 Å². The summed E-state index contributed by atoms with van der Waals surface area (Å²) >= 11 is 1.67. The first kappa shape index (κ1) is 10.0. The van der Waals surface area contributed by atoms with Gasteiger partial charge in [0.15, 0.2) is 11.0 Å². The Balaban J connectivity index is 2.14. The first-order chi connectivity index (χ1) is 6.81. The molecular weight excluding hydrogens is 194 g/mol. The summed E-state index contributed by atoms with van der Waals surface area (Å²) < 4.78 is 1.90. The summed E-state index contributed by atoms with van der Waals surface area (Å²) in [5.41, 5.74) is 0. The Morgan fingerprint density at radius 1 is 1.29 bits per heavy atom. The lowest BCUT2D eigenvalue weighted by molar-refractivity contribution is 0.427. The summed E-state index contributed by atoms with van der Waals surface area (Å²) in [5.74, 6) is 1.69. The third-order valence-electron chi connectivity index (χ3n) is 2.89. The van der Waals surface area contributed by atoms with Crippen molar-refractivity contribution in [1.29, 1.82) is 0 Å². The van der Waals surface area contributed by atoms with Gasteiger partial charge in [-0.15, -0.1) is 0 Å². The standard InChI is InChI=1S/C10H17N3S/c1-13-10(14-2)11-9(12-13)8-6-4-3-5-7-8/h8H,3-7H2,1-2H3. The van der Waals surface area contributed by atoms with Crippen molar-refractivity contribution in [2.45, 2.75) is 43.2 Å². The van der Waals surface area contributed by atoms with Gasteiger partial charge in [0.2, 0.25) is 0 Å². The molecule has 0 aromatic carbocycles. The van der Waals surface area contributed by atoms with Crippen LogP contribution >= 0.6 is 11.8 Å². The molecule has 1 aromatic rings. The fourth-order valence-electron chi connectivity index (χ4n) is 2.10. The summed E-state index contributed by atoms with van der Waals surface area (Å²) in [6.07, 6.45) is 8.68. The number of hydrogen-bond acceptors (Lipinski definition) is 3. The Morgan fingerprint density at radius 2 is 2.00 bits per heavy atom. The molecule has 4 heteroatoms. The lowest BCUT2D eigenvalue weighted by Crippen LogP contribution is -2.06. The van der Waals surface area contributed by atoms with Crippen LogP contribution in [-0.4, -0.2) is 21.0 Å². The van der Waals surface area contributed by atoms with Crippen LogP contribution in [0.25, 0.3) is 0 Å². The van der Waals surface area contributed by atoms with Gasteiger partial charge in [-0.05, 0) is 19.1 Å². The highest BCUT2D eigenvalue weighted by atomic mass is 32.2. The molecular formula is C10H17N3S. The Morgan fingerprint density at radius 3 is 2.57 bits per heavy atom. The van der Waals surface area contributed by atoms with E-state index < -0.39 is 0 Å². The number of rotatable bonds is 2. The maximum atomic E-state index is 4.57. The molecule has 78 valence electrons. The van der Waals surface area contributed by atoms with Crippen LogP contribution in [0.5, 0.6) is 0 Å². The average molecular weight is 211 g/mol. The van der Waals surface area contributed by atoms with Crippen molar-refractivity contribution in [3.63, 3.8) is 0 Å². The number of nitrogens with zero attached hydrogens (tertiary/aromatic N) is 3. The molecule has 1 heterocycles. The van der Waals surface area contributed by atoms with Crippen molar-refractivity contribution >= 4 is 11.8 Å². The summed E-state index contributed by atoms with van der Waals surface area (Å²) in [6.45, 7) is 0. The third kappa shape index (κ3) is 1.95. The monoisotopic (exact) mass is 211 g/mol. The van der Waals surface area contributed by atoms with Crippen molar-refractivity contribution in [1.82, 2.24) is 14.8 Å². The van der Waals surface area contributed by atoms with E-state index >= 15 is 0 Å². The van der Waals surface area contributed by atoms with Gasteiger partial charge in [0.25, 0.3) is 0 Å². The van der Waals surface area contributed by atoms with Gasteiger partial charge in [-0.1, -0.05) is 31.0 Å². The highest BCUT2D eigenvalue weighted by Gasteiger charge is 2.20. The molecule has 0 saturated heterocycles. The van der Waals surface area contributed by atoms with Gasteiger partial charge < -0.3 is 0 Å². The van der Waals surface area contributed by atoms with Crippen LogP contribution in [0, 0.1) is 0 Å². The maximum Gasteiger partial charge on any atom is 0.185 e. The van der Waals surface area contributed by atoms with Gasteiger partial charge in [-0.25, -0.2) is 9.67 Å². The molecule has 0 amide bonds. The third-order valence-corrected chi connectivity index (χ3v) is 3.61. The Hall–Kier alpha value is -0.510. The maximum absolute atomic E-state index is 4.57. The Kier molecular flexibility index (Phi) is 3.11. The normalized spacial score (nSPS) is 18.7. The molecule has 0 atom stereocenters. The number of aromatic nitrogens is 3. The quantitative estimate of drug-likeness (QED) is 0.704. The molecule has 3 nitrogen and oxygen atoms in total. The molecule has 0 bridgehead atoms. The number of thioether (sulfide) groups is 1. The fourth-order valence-corrected chi connectivity index (χ4v) is 2.59. The van der Waals surface area contributed by atoms with Crippen molar-refractivity contribution in [2.75, 3.05) is 6.26 Å². The SMILES string of the molecule is CSc1nc(C2CCCCC2)nn1C. The number of hydrogen-bond donors (Lipinski definition) is 0. The van der Waals surface area contributed by atoms with E-state index in [0.29, 0.717) is 5.92 Å². The van der Waals surface area contributed by atoms with E-state index in [2.05, 4.69) is 16.3 Å². The van der Waals surface area contributed by atoms with Crippen LogP contribution in [0.4, 0.5) is 0 Å². The minimum Gasteiger partial charge on any atom is -0.244 e. The zero-order valence-electron chi connectivity index (χ0n) is 8.86. The van der Waals surface area contributed by atoms with Crippen LogP contribution in [0.1, 0.15) is 43.8 Å². The Bertz CT molecular complexity index is 302. The molecule has 0 spiro atoms. The van der Waals surface area contributed by atoms with E-state index in [1.165, 1.54) is 32.1 Å². The smallest absolute Gasteiger partial charge is 0.185 e. The molecule has 1 aliphatic rings. The first-order valence-electron chi connectivity index (χ1n) is 5.26. The minimum atomic E-state index is 0.621. The zero-order valence-corrected chi connectivity index (χ0v) is 9.68. The molecule has 1 aliphatic carbocycles. The van der Waals surface area contributed by atoms with Gasteiger partial charge in [0, 0.05) is 13.0 Å². The van der Waals surface area contributed by atoms with Crippen LogP contribution in [-0.2, 0) is 7.05 Å². The van der Waals surface area contributed by atoms with Gasteiger partial charge >= 0.3 is 0 Å². The van der Waals surface area contributed by atoms with E-state index in [9.17, 15) is 0 Å². The van der Waals surface area contributed by atoms with Crippen LogP contribution in [0.15, 0.2) is 5.16 Å².